The van der Waals surface area contributed by atoms with Gasteiger partial charge in [0.15, 0.2) is 11.5 Å². The van der Waals surface area contributed by atoms with E-state index in [2.05, 4.69) is 10.2 Å². The van der Waals surface area contributed by atoms with E-state index < -0.39 is 0 Å². The minimum atomic E-state index is -0.255. The monoisotopic (exact) mass is 262 g/mol. The SMILES string of the molecule is Nn1c(C2CCCC2)nnc(-c2cccs2)c1=O. The van der Waals surface area contributed by atoms with Gasteiger partial charge in [-0.1, -0.05) is 18.9 Å². The Labute approximate surface area is 108 Å². The second kappa shape index (κ2) is 4.53. The van der Waals surface area contributed by atoms with Crippen molar-refractivity contribution in [2.24, 2.45) is 0 Å². The van der Waals surface area contributed by atoms with Crippen molar-refractivity contribution >= 4 is 11.3 Å². The number of rotatable bonds is 2. The molecule has 2 aromatic heterocycles. The smallest absolute Gasteiger partial charge is 0.299 e. The number of nitrogen functional groups attached to an aromatic ring is 1. The molecule has 0 aromatic carbocycles. The minimum Gasteiger partial charge on any atom is -0.335 e. The molecule has 2 N–H and O–H groups in total. The standard InChI is InChI=1S/C12H14N4OS/c13-16-11(8-4-1-2-5-8)15-14-10(12(16)17)9-6-3-7-18-9/h3,6-8H,1-2,4-5,13H2. The molecule has 18 heavy (non-hydrogen) atoms. The van der Waals surface area contributed by atoms with Gasteiger partial charge >= 0.3 is 0 Å². The molecule has 0 unspecified atom stereocenters. The first-order valence-electron chi connectivity index (χ1n) is 6.06. The molecule has 0 spiro atoms. The topological polar surface area (TPSA) is 73.8 Å². The second-order valence-corrected chi connectivity index (χ2v) is 5.49. The van der Waals surface area contributed by atoms with Crippen LogP contribution in [0.4, 0.5) is 0 Å². The number of aromatic nitrogens is 3. The Hall–Kier alpha value is -1.69. The van der Waals surface area contributed by atoms with Crippen molar-refractivity contribution in [1.82, 2.24) is 14.9 Å². The van der Waals surface area contributed by atoms with Gasteiger partial charge in [-0.15, -0.1) is 21.5 Å². The lowest BCUT2D eigenvalue weighted by atomic mass is 10.1. The van der Waals surface area contributed by atoms with Gasteiger partial charge < -0.3 is 5.84 Å². The lowest BCUT2D eigenvalue weighted by molar-refractivity contribution is 0.601. The van der Waals surface area contributed by atoms with Gasteiger partial charge in [-0.05, 0) is 24.3 Å². The van der Waals surface area contributed by atoms with Crippen LogP contribution in [-0.2, 0) is 0 Å². The largest absolute Gasteiger partial charge is 0.335 e. The molecular weight excluding hydrogens is 248 g/mol. The van der Waals surface area contributed by atoms with E-state index in [0.717, 1.165) is 17.7 Å². The zero-order chi connectivity index (χ0) is 12.5. The van der Waals surface area contributed by atoms with E-state index in [1.54, 1.807) is 0 Å². The summed E-state index contributed by atoms with van der Waals surface area (Å²) in [6.45, 7) is 0. The van der Waals surface area contributed by atoms with Crippen LogP contribution in [0, 0.1) is 0 Å². The lowest BCUT2D eigenvalue weighted by Crippen LogP contribution is -2.34. The molecule has 0 saturated heterocycles. The van der Waals surface area contributed by atoms with Crippen LogP contribution >= 0.6 is 11.3 Å². The Morgan fingerprint density at radius 3 is 2.78 bits per heavy atom. The maximum absolute atomic E-state index is 12.2. The molecule has 1 fully saturated rings. The van der Waals surface area contributed by atoms with E-state index in [1.807, 2.05) is 17.5 Å². The maximum atomic E-state index is 12.2. The van der Waals surface area contributed by atoms with Gasteiger partial charge in [-0.3, -0.25) is 4.79 Å². The molecule has 0 bridgehead atoms. The summed E-state index contributed by atoms with van der Waals surface area (Å²) in [6, 6.07) is 3.73. The van der Waals surface area contributed by atoms with Gasteiger partial charge in [0, 0.05) is 5.92 Å². The van der Waals surface area contributed by atoms with E-state index in [-0.39, 0.29) is 11.5 Å². The predicted octanol–water partition coefficient (Wildman–Crippen LogP) is 1.74. The van der Waals surface area contributed by atoms with Crippen LogP contribution in [0.1, 0.15) is 37.4 Å². The molecule has 0 amide bonds. The highest BCUT2D eigenvalue weighted by Crippen LogP contribution is 2.32. The maximum Gasteiger partial charge on any atom is 0.299 e. The average Bonchev–Trinajstić information content (AvgIpc) is 3.03. The molecule has 0 radical (unpaired) electrons. The molecule has 3 rings (SSSR count). The summed E-state index contributed by atoms with van der Waals surface area (Å²) in [6.07, 6.45) is 4.44. The summed E-state index contributed by atoms with van der Waals surface area (Å²) in [4.78, 5) is 13.0. The molecule has 5 nitrogen and oxygen atoms in total. The summed E-state index contributed by atoms with van der Waals surface area (Å²) in [5.41, 5.74) is 0.0867. The fourth-order valence-corrected chi connectivity index (χ4v) is 3.14. The summed E-state index contributed by atoms with van der Waals surface area (Å²) in [5.74, 6) is 6.78. The third-order valence-electron chi connectivity index (χ3n) is 3.40. The van der Waals surface area contributed by atoms with Crippen molar-refractivity contribution in [3.05, 3.63) is 33.7 Å². The zero-order valence-electron chi connectivity index (χ0n) is 9.87. The lowest BCUT2D eigenvalue weighted by Gasteiger charge is -2.12. The molecule has 0 atom stereocenters. The molecule has 1 saturated carbocycles. The van der Waals surface area contributed by atoms with Crippen LogP contribution in [0.5, 0.6) is 0 Å². The van der Waals surface area contributed by atoms with Crippen LogP contribution in [0.2, 0.25) is 0 Å². The Bertz CT molecular complexity index is 599. The van der Waals surface area contributed by atoms with Crippen LogP contribution < -0.4 is 11.4 Å². The first-order valence-corrected chi connectivity index (χ1v) is 6.94. The van der Waals surface area contributed by atoms with Crippen molar-refractivity contribution in [3.63, 3.8) is 0 Å². The van der Waals surface area contributed by atoms with Crippen LogP contribution in [0.3, 0.4) is 0 Å². The molecule has 2 heterocycles. The molecular formula is C12H14N4OS. The van der Waals surface area contributed by atoms with Crippen molar-refractivity contribution in [3.8, 4) is 10.6 Å². The number of hydrogen-bond acceptors (Lipinski definition) is 5. The van der Waals surface area contributed by atoms with Gasteiger partial charge in [0.2, 0.25) is 0 Å². The zero-order valence-corrected chi connectivity index (χ0v) is 10.7. The summed E-state index contributed by atoms with van der Waals surface area (Å²) < 4.78 is 1.18. The molecule has 6 heteroatoms. The first-order chi connectivity index (χ1) is 8.77. The van der Waals surface area contributed by atoms with E-state index >= 15 is 0 Å². The Balaban J connectivity index is 2.06. The Kier molecular flexibility index (Phi) is 2.87. The molecule has 94 valence electrons. The molecule has 0 aliphatic heterocycles. The van der Waals surface area contributed by atoms with E-state index in [9.17, 15) is 4.79 Å². The summed E-state index contributed by atoms with van der Waals surface area (Å²) >= 11 is 1.47. The fraction of sp³-hybridized carbons (Fsp3) is 0.417. The normalized spacial score (nSPS) is 16.2. The molecule has 1 aliphatic rings. The Morgan fingerprint density at radius 2 is 2.11 bits per heavy atom. The van der Waals surface area contributed by atoms with E-state index in [4.69, 9.17) is 5.84 Å². The molecule has 2 aromatic rings. The van der Waals surface area contributed by atoms with Crippen LogP contribution in [-0.4, -0.2) is 14.9 Å². The summed E-state index contributed by atoms with van der Waals surface area (Å²) in [7, 11) is 0. The van der Waals surface area contributed by atoms with Crippen LogP contribution in [0.25, 0.3) is 10.6 Å². The van der Waals surface area contributed by atoms with Gasteiger partial charge in [0.05, 0.1) is 4.88 Å². The van der Waals surface area contributed by atoms with Gasteiger partial charge in [0.25, 0.3) is 5.56 Å². The quantitative estimate of drug-likeness (QED) is 0.837. The highest BCUT2D eigenvalue weighted by Gasteiger charge is 2.23. The Morgan fingerprint density at radius 1 is 1.33 bits per heavy atom. The van der Waals surface area contributed by atoms with Gasteiger partial charge in [0.1, 0.15) is 0 Å². The number of nitrogens with zero attached hydrogens (tertiary/aromatic N) is 3. The van der Waals surface area contributed by atoms with Gasteiger partial charge in [-0.2, -0.15) is 0 Å². The highest BCUT2D eigenvalue weighted by molar-refractivity contribution is 7.13. The molecule has 1 aliphatic carbocycles. The number of nitrogens with two attached hydrogens (primary N) is 1. The average molecular weight is 262 g/mol. The first kappa shape index (κ1) is 11.4. The fourth-order valence-electron chi connectivity index (χ4n) is 2.44. The van der Waals surface area contributed by atoms with Crippen molar-refractivity contribution in [1.29, 1.82) is 0 Å². The van der Waals surface area contributed by atoms with E-state index in [1.165, 1.54) is 28.9 Å². The van der Waals surface area contributed by atoms with Crippen molar-refractivity contribution in [2.75, 3.05) is 5.84 Å². The third-order valence-corrected chi connectivity index (χ3v) is 4.27. The van der Waals surface area contributed by atoms with Crippen molar-refractivity contribution in [2.45, 2.75) is 31.6 Å². The minimum absolute atomic E-state index is 0.255. The number of hydrogen-bond donors (Lipinski definition) is 1. The van der Waals surface area contributed by atoms with E-state index in [0.29, 0.717) is 11.5 Å². The predicted molar refractivity (Wildman–Crippen MR) is 71.0 cm³/mol. The number of thiophene rings is 1. The summed E-state index contributed by atoms with van der Waals surface area (Å²) in [5, 5.41) is 10.1. The second-order valence-electron chi connectivity index (χ2n) is 4.54. The highest BCUT2D eigenvalue weighted by atomic mass is 32.1. The third kappa shape index (κ3) is 1.82. The van der Waals surface area contributed by atoms with Crippen LogP contribution in [0.15, 0.2) is 22.3 Å². The van der Waals surface area contributed by atoms with Crippen molar-refractivity contribution < 1.29 is 0 Å². The van der Waals surface area contributed by atoms with Gasteiger partial charge in [-0.25, -0.2) is 4.68 Å².